The second-order valence-electron chi connectivity index (χ2n) is 6.61. The number of nitrogens with one attached hydrogen (secondary N) is 2. The van der Waals surface area contributed by atoms with Crippen LogP contribution in [-0.2, 0) is 20.9 Å². The van der Waals surface area contributed by atoms with Gasteiger partial charge in [-0.1, -0.05) is 24.9 Å². The SMILES string of the molecule is CCCC(=CNCc1ccc(Cl)s1)C(=O)Nc1ccc(N2CCOCC2=O)cc1. The quantitative estimate of drug-likeness (QED) is 0.613. The van der Waals surface area contributed by atoms with Gasteiger partial charge in [-0.2, -0.15) is 0 Å². The zero-order valence-electron chi connectivity index (χ0n) is 16.2. The predicted molar refractivity (Wildman–Crippen MR) is 117 cm³/mol. The van der Waals surface area contributed by atoms with Crippen molar-refractivity contribution in [2.45, 2.75) is 26.3 Å². The van der Waals surface area contributed by atoms with Crippen LogP contribution < -0.4 is 15.5 Å². The number of hydrogen-bond donors (Lipinski definition) is 2. The molecule has 1 aliphatic rings. The lowest BCUT2D eigenvalue weighted by molar-refractivity contribution is -0.125. The lowest BCUT2D eigenvalue weighted by atomic mass is 10.1. The Morgan fingerprint density at radius 2 is 2.07 bits per heavy atom. The zero-order valence-corrected chi connectivity index (χ0v) is 17.8. The summed E-state index contributed by atoms with van der Waals surface area (Å²) in [6, 6.07) is 11.1. The van der Waals surface area contributed by atoms with E-state index in [2.05, 4.69) is 10.6 Å². The molecule has 8 heteroatoms. The molecule has 1 saturated heterocycles. The maximum Gasteiger partial charge on any atom is 0.253 e. The second-order valence-corrected chi connectivity index (χ2v) is 8.40. The van der Waals surface area contributed by atoms with E-state index >= 15 is 0 Å². The molecule has 0 atom stereocenters. The minimum Gasteiger partial charge on any atom is -0.386 e. The Kier molecular flexibility index (Phi) is 7.69. The highest BCUT2D eigenvalue weighted by molar-refractivity contribution is 7.16. The number of ether oxygens (including phenoxy) is 1. The number of benzene rings is 1. The maximum absolute atomic E-state index is 12.7. The third-order valence-electron chi connectivity index (χ3n) is 4.42. The van der Waals surface area contributed by atoms with Gasteiger partial charge in [0.15, 0.2) is 0 Å². The van der Waals surface area contributed by atoms with E-state index < -0.39 is 0 Å². The number of hydrogen-bond acceptors (Lipinski definition) is 5. The van der Waals surface area contributed by atoms with Crippen LogP contribution in [0.2, 0.25) is 4.34 Å². The van der Waals surface area contributed by atoms with E-state index in [1.165, 1.54) is 11.3 Å². The summed E-state index contributed by atoms with van der Waals surface area (Å²) < 4.78 is 5.90. The standard InChI is InChI=1S/C21H24ClN3O3S/c1-2-3-15(12-23-13-18-8-9-19(22)29-18)21(27)24-16-4-6-17(7-5-16)25-10-11-28-14-20(25)26/h4-9,12,23H,2-3,10-11,13-14H2,1H3,(H,24,27). The largest absolute Gasteiger partial charge is 0.386 e. The Bertz CT molecular complexity index is 880. The Morgan fingerprint density at radius 1 is 1.28 bits per heavy atom. The summed E-state index contributed by atoms with van der Waals surface area (Å²) in [5.41, 5.74) is 2.17. The number of nitrogens with zero attached hydrogens (tertiary/aromatic N) is 1. The molecule has 0 unspecified atom stereocenters. The van der Waals surface area contributed by atoms with Crippen molar-refractivity contribution in [3.8, 4) is 0 Å². The first-order chi connectivity index (χ1) is 14.1. The minimum atomic E-state index is -0.140. The lowest BCUT2D eigenvalue weighted by Crippen LogP contribution is -2.41. The fourth-order valence-corrected chi connectivity index (χ4v) is 4.01. The van der Waals surface area contributed by atoms with Gasteiger partial charge in [-0.25, -0.2) is 0 Å². The molecule has 0 bridgehead atoms. The van der Waals surface area contributed by atoms with Gasteiger partial charge in [0.2, 0.25) is 0 Å². The average Bonchev–Trinajstić information content (AvgIpc) is 3.13. The number of carbonyl (C=O) groups is 2. The molecule has 0 saturated carbocycles. The summed E-state index contributed by atoms with van der Waals surface area (Å²) in [7, 11) is 0. The van der Waals surface area contributed by atoms with Crippen molar-refractivity contribution in [2.75, 3.05) is 30.0 Å². The average molecular weight is 434 g/mol. The Balaban J connectivity index is 1.59. The van der Waals surface area contributed by atoms with E-state index in [1.54, 1.807) is 23.2 Å². The van der Waals surface area contributed by atoms with Gasteiger partial charge in [-0.15, -0.1) is 11.3 Å². The molecule has 2 aromatic rings. The van der Waals surface area contributed by atoms with Crippen molar-refractivity contribution in [2.24, 2.45) is 0 Å². The molecule has 1 fully saturated rings. The number of amides is 2. The molecule has 3 rings (SSSR count). The molecule has 6 nitrogen and oxygen atoms in total. The summed E-state index contributed by atoms with van der Waals surface area (Å²) in [4.78, 5) is 27.4. The summed E-state index contributed by atoms with van der Waals surface area (Å²) in [6.45, 7) is 3.83. The van der Waals surface area contributed by atoms with Gasteiger partial charge in [0.25, 0.3) is 11.8 Å². The van der Waals surface area contributed by atoms with Crippen LogP contribution >= 0.6 is 22.9 Å². The minimum absolute atomic E-state index is 0.0562. The van der Waals surface area contributed by atoms with Crippen LogP contribution in [0, 0.1) is 0 Å². The molecule has 0 spiro atoms. The maximum atomic E-state index is 12.7. The first-order valence-corrected chi connectivity index (χ1v) is 10.7. The molecule has 29 heavy (non-hydrogen) atoms. The smallest absolute Gasteiger partial charge is 0.253 e. The normalized spacial score (nSPS) is 14.8. The molecule has 1 aromatic carbocycles. The van der Waals surface area contributed by atoms with Crippen LogP contribution in [-0.4, -0.2) is 31.6 Å². The summed E-state index contributed by atoms with van der Waals surface area (Å²) in [5, 5.41) is 6.12. The van der Waals surface area contributed by atoms with Gasteiger partial charge < -0.3 is 20.3 Å². The van der Waals surface area contributed by atoms with Gasteiger partial charge in [-0.3, -0.25) is 9.59 Å². The van der Waals surface area contributed by atoms with E-state index in [0.29, 0.717) is 37.4 Å². The predicted octanol–water partition coefficient (Wildman–Crippen LogP) is 4.18. The molecule has 1 aromatic heterocycles. The van der Waals surface area contributed by atoms with Crippen LogP contribution in [0.3, 0.4) is 0 Å². The fraction of sp³-hybridized carbons (Fsp3) is 0.333. The number of thiophene rings is 1. The number of anilines is 2. The molecule has 0 radical (unpaired) electrons. The Labute approximate surface area is 179 Å². The van der Waals surface area contributed by atoms with E-state index in [4.69, 9.17) is 16.3 Å². The van der Waals surface area contributed by atoms with Crippen LogP contribution in [0.15, 0.2) is 48.2 Å². The molecule has 1 aliphatic heterocycles. The van der Waals surface area contributed by atoms with Gasteiger partial charge in [0.1, 0.15) is 6.61 Å². The topological polar surface area (TPSA) is 70.7 Å². The number of rotatable bonds is 8. The number of halogens is 1. The van der Waals surface area contributed by atoms with Crippen molar-refractivity contribution < 1.29 is 14.3 Å². The monoisotopic (exact) mass is 433 g/mol. The summed E-state index contributed by atoms with van der Waals surface area (Å²) in [6.07, 6.45) is 3.31. The molecule has 2 N–H and O–H groups in total. The van der Waals surface area contributed by atoms with Gasteiger partial charge in [-0.05, 0) is 42.8 Å². The van der Waals surface area contributed by atoms with Gasteiger partial charge >= 0.3 is 0 Å². The number of carbonyl (C=O) groups excluding carboxylic acids is 2. The summed E-state index contributed by atoms with van der Waals surface area (Å²) >= 11 is 7.46. The summed E-state index contributed by atoms with van der Waals surface area (Å²) in [5.74, 6) is -0.196. The molecule has 154 valence electrons. The zero-order chi connectivity index (χ0) is 20.6. The van der Waals surface area contributed by atoms with Crippen LogP contribution in [0.1, 0.15) is 24.6 Å². The highest BCUT2D eigenvalue weighted by atomic mass is 35.5. The van der Waals surface area contributed by atoms with E-state index in [9.17, 15) is 9.59 Å². The highest BCUT2D eigenvalue weighted by Crippen LogP contribution is 2.22. The van der Waals surface area contributed by atoms with Crippen LogP contribution in [0.25, 0.3) is 0 Å². The van der Waals surface area contributed by atoms with Crippen molar-refractivity contribution in [3.63, 3.8) is 0 Å². The third kappa shape index (κ3) is 6.06. The second kappa shape index (κ2) is 10.4. The Morgan fingerprint density at radius 3 is 2.72 bits per heavy atom. The fourth-order valence-electron chi connectivity index (χ4n) is 2.97. The molecule has 2 heterocycles. The molecular formula is C21H24ClN3O3S. The van der Waals surface area contributed by atoms with Crippen LogP contribution in [0.4, 0.5) is 11.4 Å². The van der Waals surface area contributed by atoms with Crippen molar-refractivity contribution >= 4 is 46.1 Å². The van der Waals surface area contributed by atoms with Crippen molar-refractivity contribution in [3.05, 3.63) is 57.4 Å². The molecule has 0 aliphatic carbocycles. The van der Waals surface area contributed by atoms with Crippen molar-refractivity contribution in [1.82, 2.24) is 5.32 Å². The molecular weight excluding hydrogens is 410 g/mol. The molecule has 2 amide bonds. The first kappa shape index (κ1) is 21.4. The highest BCUT2D eigenvalue weighted by Gasteiger charge is 2.20. The van der Waals surface area contributed by atoms with Crippen molar-refractivity contribution in [1.29, 1.82) is 0 Å². The van der Waals surface area contributed by atoms with Crippen LogP contribution in [0.5, 0.6) is 0 Å². The first-order valence-electron chi connectivity index (χ1n) is 9.53. The van der Waals surface area contributed by atoms with E-state index in [-0.39, 0.29) is 18.4 Å². The lowest BCUT2D eigenvalue weighted by Gasteiger charge is -2.26. The Hall–Kier alpha value is -2.35. The van der Waals surface area contributed by atoms with Gasteiger partial charge in [0, 0.05) is 41.1 Å². The number of morpholine rings is 1. The van der Waals surface area contributed by atoms with Gasteiger partial charge in [0.05, 0.1) is 10.9 Å². The van der Waals surface area contributed by atoms with E-state index in [1.807, 2.05) is 31.2 Å². The third-order valence-corrected chi connectivity index (χ3v) is 5.65. The van der Waals surface area contributed by atoms with E-state index in [0.717, 1.165) is 21.3 Å².